The molecule has 12 heteroatoms. The van der Waals surface area contributed by atoms with Gasteiger partial charge in [-0.2, -0.15) is 0 Å². The van der Waals surface area contributed by atoms with E-state index in [1.165, 1.54) is 67.0 Å². The molecule has 6 unspecified atom stereocenters. The minimum Gasteiger partial charge on any atom is -0.465 e. The molecule has 7 saturated carbocycles. The van der Waals surface area contributed by atoms with Gasteiger partial charge >= 0.3 is 35.8 Å². The average Bonchev–Trinajstić information content (AvgIpc) is 0.722. The molecule has 5 aromatic carbocycles. The van der Waals surface area contributed by atoms with E-state index in [1.54, 1.807) is 6.08 Å². The van der Waals surface area contributed by atoms with Crippen LogP contribution in [-0.2, 0) is 57.2 Å². The summed E-state index contributed by atoms with van der Waals surface area (Å²) in [7, 11) is 0. The first-order valence-electron chi connectivity index (χ1n) is 37.1. The van der Waals surface area contributed by atoms with Crippen molar-refractivity contribution in [2.75, 3.05) is 13.2 Å². The summed E-state index contributed by atoms with van der Waals surface area (Å²) in [4.78, 5) is 74.9. The summed E-state index contributed by atoms with van der Waals surface area (Å²) in [6.45, 7) is 18.4. The lowest BCUT2D eigenvalue weighted by atomic mass is 9.52. The Bertz CT molecular complexity index is 3520. The second kappa shape index (κ2) is 35.0. The molecule has 0 aliphatic heterocycles. The summed E-state index contributed by atoms with van der Waals surface area (Å²) in [6, 6.07) is 45.3. The van der Waals surface area contributed by atoms with Crippen LogP contribution in [0.15, 0.2) is 152 Å². The van der Waals surface area contributed by atoms with Gasteiger partial charge in [-0.05, 0) is 249 Å². The molecule has 0 amide bonds. The van der Waals surface area contributed by atoms with Crippen LogP contribution < -0.4 is 0 Å². The van der Waals surface area contributed by atoms with Gasteiger partial charge in [-0.25, -0.2) is 14.4 Å². The summed E-state index contributed by atoms with van der Waals surface area (Å²) in [5.41, 5.74) is 6.58. The third kappa shape index (κ3) is 22.1. The highest BCUT2D eigenvalue weighted by atomic mass is 16.6. The van der Waals surface area contributed by atoms with E-state index in [2.05, 4.69) is 60.7 Å². The fourth-order valence-corrected chi connectivity index (χ4v) is 15.2. The van der Waals surface area contributed by atoms with E-state index >= 15 is 0 Å². The first kappa shape index (κ1) is 75.3. The third-order valence-electron chi connectivity index (χ3n) is 22.1. The maximum Gasteiger partial charge on any atom is 0.331 e. The number of rotatable bonds is 23. The first-order valence-corrected chi connectivity index (χ1v) is 37.1. The molecule has 7 fully saturated rings. The number of esters is 6. The second-order valence-electron chi connectivity index (χ2n) is 31.2. The summed E-state index contributed by atoms with van der Waals surface area (Å²) < 4.78 is 34.9. The molecule has 0 saturated heterocycles. The molecule has 530 valence electrons. The fourth-order valence-electron chi connectivity index (χ4n) is 15.2. The Balaban J connectivity index is 0.000000174. The molecule has 0 radical (unpaired) electrons. The largest absolute Gasteiger partial charge is 0.465 e. The molecule has 0 N–H and O–H groups in total. The minimum atomic E-state index is -0.515. The Labute approximate surface area is 590 Å². The van der Waals surface area contributed by atoms with E-state index in [1.807, 2.05) is 147 Å². The predicted octanol–water partition coefficient (Wildman–Crippen LogP) is 20.3. The van der Waals surface area contributed by atoms with E-state index in [-0.39, 0.29) is 59.9 Å². The van der Waals surface area contributed by atoms with Crippen LogP contribution in [0.1, 0.15) is 232 Å². The second-order valence-corrected chi connectivity index (χ2v) is 31.2. The number of carbonyl (C=O) groups excluding carboxylic acids is 6. The van der Waals surface area contributed by atoms with Gasteiger partial charge in [0.15, 0.2) is 0 Å². The van der Waals surface area contributed by atoms with Crippen LogP contribution >= 0.6 is 0 Å². The van der Waals surface area contributed by atoms with Crippen molar-refractivity contribution in [3.8, 4) is 22.3 Å². The van der Waals surface area contributed by atoms with Crippen molar-refractivity contribution < 1.29 is 57.2 Å². The zero-order chi connectivity index (χ0) is 70.6. The van der Waals surface area contributed by atoms with Gasteiger partial charge in [-0.15, -0.1) is 0 Å². The van der Waals surface area contributed by atoms with Gasteiger partial charge in [0.1, 0.15) is 23.4 Å². The molecular weight excluding hydrogens is 1240 g/mol. The van der Waals surface area contributed by atoms with Crippen LogP contribution in [-0.4, -0.2) is 72.4 Å². The Morgan fingerprint density at radius 3 is 1.19 bits per heavy atom. The van der Waals surface area contributed by atoms with Crippen LogP contribution in [0.5, 0.6) is 0 Å². The zero-order valence-corrected chi connectivity index (χ0v) is 60.6. The van der Waals surface area contributed by atoms with E-state index < -0.39 is 27.4 Å². The Hall–Kier alpha value is -7.86. The van der Waals surface area contributed by atoms with E-state index in [0.29, 0.717) is 37.4 Å². The molecule has 7 aliphatic rings. The maximum atomic E-state index is 12.9. The van der Waals surface area contributed by atoms with Crippen LogP contribution in [0, 0.1) is 39.9 Å². The highest BCUT2D eigenvalue weighted by Crippen LogP contribution is 2.60. The lowest BCUT2D eigenvalue weighted by Crippen LogP contribution is -2.62. The van der Waals surface area contributed by atoms with Crippen molar-refractivity contribution in [2.24, 2.45) is 39.9 Å². The standard InChI is InChI=1S/C31H36O4.C28H40O4.C28H34O4/c1-4-29(2,3)28(33)35-31-19-23-16-24(20-31)18-30(17-23,21-31)34-27(32)15-12-22-10-13-26(14-11-22)25-8-6-5-7-9-25;2*1-4-28(2,3)27(30)31-20-22-9-8-12-25(19-22)32-26(29)18-15-21-13-16-24(17-14-21)23-10-6-5-7-11-23/h5-15,23-24H,4,16-21H2,1-3H3;13-18,22-23,25H,4-12,19-20H2,1-3H3;5-7,10-11,13-18,22,25H,4,8-9,12,19-20H2,1-3H3/b15-12+;2*18-15+. The summed E-state index contributed by atoms with van der Waals surface area (Å²) in [5, 5.41) is 0. The molecular formula is C87H110O12. The van der Waals surface area contributed by atoms with Crippen LogP contribution in [0.2, 0.25) is 0 Å². The maximum absolute atomic E-state index is 12.9. The summed E-state index contributed by atoms with van der Waals surface area (Å²) in [5.74, 6) is 0.754. The number of ether oxygens (including phenoxy) is 6. The van der Waals surface area contributed by atoms with Gasteiger partial charge in [-0.3, -0.25) is 14.4 Å². The molecule has 12 nitrogen and oxygen atoms in total. The van der Waals surface area contributed by atoms with Crippen LogP contribution in [0.4, 0.5) is 0 Å². The first-order chi connectivity index (χ1) is 47.4. The van der Waals surface area contributed by atoms with Crippen molar-refractivity contribution in [2.45, 2.75) is 233 Å². The molecule has 7 aliphatic carbocycles. The monoisotopic (exact) mass is 1350 g/mol. The smallest absolute Gasteiger partial charge is 0.331 e. The molecule has 0 heterocycles. The summed E-state index contributed by atoms with van der Waals surface area (Å²) >= 11 is 0. The van der Waals surface area contributed by atoms with Crippen molar-refractivity contribution in [3.05, 3.63) is 174 Å². The quantitative estimate of drug-likeness (QED) is 0.0347. The average molecular weight is 1350 g/mol. The van der Waals surface area contributed by atoms with Crippen molar-refractivity contribution >= 4 is 54.0 Å². The van der Waals surface area contributed by atoms with Gasteiger partial charge in [-0.1, -0.05) is 173 Å². The Kier molecular flexibility index (Phi) is 26.6. The lowest BCUT2D eigenvalue weighted by Gasteiger charge is -2.60. The van der Waals surface area contributed by atoms with Gasteiger partial charge in [0, 0.05) is 24.6 Å². The van der Waals surface area contributed by atoms with Crippen LogP contribution in [0.3, 0.4) is 0 Å². The summed E-state index contributed by atoms with van der Waals surface area (Å²) in [6.07, 6.45) is 31.2. The van der Waals surface area contributed by atoms with Crippen LogP contribution in [0.25, 0.3) is 40.5 Å². The highest BCUT2D eigenvalue weighted by molar-refractivity contribution is 5.89. The highest BCUT2D eigenvalue weighted by Gasteiger charge is 2.62. The van der Waals surface area contributed by atoms with Crippen molar-refractivity contribution in [3.63, 3.8) is 0 Å². The molecule has 5 aromatic rings. The minimum absolute atomic E-state index is 0.0996. The Morgan fingerprint density at radius 1 is 0.404 bits per heavy atom. The number of benzene rings is 5. The SMILES string of the molecule is CCC(C)(C)C(=O)OC12CC3CC(CC(OC(=O)/C=C/c4ccc(-c5ccccc5)cc4)(C3)C1)C2.CCC(C)(C)C(=O)OCC1CCCC(OC(=O)/C=C/c2ccc(-c3ccccc3)cc2)C1.CCC(C)(C)C(=O)OCC1CCCC(OC(=O)/C=C/c2ccc(C3CCCCC3)cc2)C1. The molecule has 4 bridgehead atoms. The molecule has 99 heavy (non-hydrogen) atoms. The lowest BCUT2D eigenvalue weighted by molar-refractivity contribution is -0.233. The zero-order valence-electron chi connectivity index (χ0n) is 60.6. The molecule has 6 atom stereocenters. The number of carbonyl (C=O) groups is 6. The van der Waals surface area contributed by atoms with Gasteiger partial charge in [0.25, 0.3) is 0 Å². The van der Waals surface area contributed by atoms with E-state index in [4.69, 9.17) is 28.4 Å². The number of hydrogen-bond acceptors (Lipinski definition) is 12. The topological polar surface area (TPSA) is 158 Å². The van der Waals surface area contributed by atoms with Crippen molar-refractivity contribution in [1.29, 1.82) is 0 Å². The molecule has 12 rings (SSSR count). The molecule has 0 aromatic heterocycles. The Morgan fingerprint density at radius 2 is 0.778 bits per heavy atom. The van der Waals surface area contributed by atoms with E-state index in [0.717, 1.165) is 131 Å². The molecule has 0 spiro atoms. The van der Waals surface area contributed by atoms with Gasteiger partial charge < -0.3 is 28.4 Å². The van der Waals surface area contributed by atoms with Gasteiger partial charge in [0.2, 0.25) is 0 Å². The van der Waals surface area contributed by atoms with E-state index in [9.17, 15) is 28.8 Å². The van der Waals surface area contributed by atoms with Crippen molar-refractivity contribution in [1.82, 2.24) is 0 Å². The predicted molar refractivity (Wildman–Crippen MR) is 393 cm³/mol. The number of hydrogen-bond donors (Lipinski definition) is 0. The normalized spacial score (nSPS) is 23.8. The fraction of sp³-hybridized carbons (Fsp3) is 0.517. The third-order valence-corrected chi connectivity index (χ3v) is 22.1. The van der Waals surface area contributed by atoms with Gasteiger partial charge in [0.05, 0.1) is 29.5 Å².